The maximum Gasteiger partial charge on any atom is 0.277 e. The van der Waals surface area contributed by atoms with Crippen molar-refractivity contribution < 1.29 is 17.6 Å². The van der Waals surface area contributed by atoms with Crippen LogP contribution in [0.5, 0.6) is 0 Å². The molecule has 10 heteroatoms. The van der Waals surface area contributed by atoms with Gasteiger partial charge in [-0.2, -0.15) is 0 Å². The van der Waals surface area contributed by atoms with E-state index in [1.165, 1.54) is 6.07 Å². The number of halogens is 4. The molecule has 0 spiro atoms. The summed E-state index contributed by atoms with van der Waals surface area (Å²) in [5, 5.41) is 0. The molecule has 2 aliphatic rings. The van der Waals surface area contributed by atoms with Crippen molar-refractivity contribution in [3.05, 3.63) is 42.1 Å². The molecule has 5 rings (SSSR count). The van der Waals surface area contributed by atoms with Crippen LogP contribution in [0.15, 0.2) is 30.5 Å². The Hall–Kier alpha value is -2.72. The molecule has 176 valence electrons. The van der Waals surface area contributed by atoms with Gasteiger partial charge in [0, 0.05) is 30.9 Å². The average molecular weight is 462 g/mol. The molecule has 0 amide bonds. The van der Waals surface area contributed by atoms with E-state index in [2.05, 4.69) is 26.9 Å². The van der Waals surface area contributed by atoms with Gasteiger partial charge in [0.05, 0.1) is 18.6 Å². The van der Waals surface area contributed by atoms with Crippen molar-refractivity contribution in [2.45, 2.75) is 24.8 Å². The van der Waals surface area contributed by atoms with Crippen molar-refractivity contribution in [3.8, 4) is 11.4 Å². The Balaban J connectivity index is 1.43. The van der Waals surface area contributed by atoms with E-state index in [-0.39, 0.29) is 12.6 Å². The number of fused-ring (bicyclic) bond motifs is 1. The summed E-state index contributed by atoms with van der Waals surface area (Å²) >= 11 is 0. The topological polar surface area (TPSA) is 51.3 Å². The predicted octanol–water partition coefficient (Wildman–Crippen LogP) is 3.75. The monoisotopic (exact) mass is 462 g/mol. The van der Waals surface area contributed by atoms with Crippen molar-refractivity contribution in [2.24, 2.45) is 0 Å². The van der Waals surface area contributed by atoms with Crippen molar-refractivity contribution in [1.29, 1.82) is 0 Å². The summed E-state index contributed by atoms with van der Waals surface area (Å²) in [6, 6.07) is 5.35. The van der Waals surface area contributed by atoms with Crippen molar-refractivity contribution in [3.63, 3.8) is 0 Å². The van der Waals surface area contributed by atoms with Crippen LogP contribution in [0.3, 0.4) is 0 Å². The number of H-pyrrole nitrogens is 1. The molecule has 1 N–H and O–H groups in total. The highest BCUT2D eigenvalue weighted by Crippen LogP contribution is 2.31. The van der Waals surface area contributed by atoms with E-state index >= 15 is 8.78 Å². The van der Waals surface area contributed by atoms with Crippen LogP contribution in [0.4, 0.5) is 23.4 Å². The van der Waals surface area contributed by atoms with Crippen LogP contribution in [-0.4, -0.2) is 83.0 Å². The van der Waals surface area contributed by atoms with Crippen LogP contribution in [0.1, 0.15) is 12.8 Å². The van der Waals surface area contributed by atoms with Crippen molar-refractivity contribution >= 4 is 16.9 Å². The lowest BCUT2D eigenvalue weighted by Crippen LogP contribution is -2.48. The summed E-state index contributed by atoms with van der Waals surface area (Å²) in [5.41, 5.74) is 1.39. The number of piperidine rings is 1. The van der Waals surface area contributed by atoms with Crippen LogP contribution in [-0.2, 0) is 0 Å². The molecule has 0 atom stereocenters. The van der Waals surface area contributed by atoms with E-state index < -0.39 is 24.1 Å². The Morgan fingerprint density at radius 2 is 1.79 bits per heavy atom. The summed E-state index contributed by atoms with van der Waals surface area (Å²) in [6.07, 6.45) is 3.32. The summed E-state index contributed by atoms with van der Waals surface area (Å²) in [4.78, 5) is 17.7. The third-order valence-corrected chi connectivity index (χ3v) is 6.59. The fourth-order valence-corrected chi connectivity index (χ4v) is 4.82. The fourth-order valence-electron chi connectivity index (χ4n) is 4.82. The predicted molar refractivity (Wildman–Crippen MR) is 118 cm³/mol. The molecule has 3 aromatic rings. The maximum atomic E-state index is 15.0. The lowest BCUT2D eigenvalue weighted by Gasteiger charge is -2.37. The number of nitrogens with one attached hydrogen (secondary N) is 1. The second-order valence-corrected chi connectivity index (χ2v) is 9.03. The normalized spacial score (nSPS) is 20.9. The minimum atomic E-state index is -2.90. The van der Waals surface area contributed by atoms with Crippen LogP contribution in [0, 0.1) is 11.6 Å². The van der Waals surface area contributed by atoms with E-state index in [1.807, 2.05) is 4.90 Å². The Kier molecular flexibility index (Phi) is 5.74. The number of alkyl halides is 2. The molecule has 2 aliphatic heterocycles. The van der Waals surface area contributed by atoms with Gasteiger partial charge in [-0.15, -0.1) is 0 Å². The van der Waals surface area contributed by atoms with Gasteiger partial charge in [-0.25, -0.2) is 27.5 Å². The number of rotatable bonds is 3. The second kappa shape index (κ2) is 8.57. The molecule has 2 saturated heterocycles. The number of hydrogen-bond acceptors (Lipinski definition) is 5. The summed E-state index contributed by atoms with van der Waals surface area (Å²) in [5.74, 6) is -4.14. The van der Waals surface area contributed by atoms with Gasteiger partial charge in [-0.3, -0.25) is 4.90 Å². The Labute approximate surface area is 189 Å². The molecule has 1 aromatic carbocycles. The second-order valence-electron chi connectivity index (χ2n) is 9.03. The fraction of sp³-hybridized carbons (Fsp3) is 0.478. The van der Waals surface area contributed by atoms with Gasteiger partial charge >= 0.3 is 0 Å². The van der Waals surface area contributed by atoms with Gasteiger partial charge < -0.3 is 14.8 Å². The molecule has 4 heterocycles. The molecule has 0 saturated carbocycles. The highest BCUT2D eigenvalue weighted by Gasteiger charge is 2.40. The first-order chi connectivity index (χ1) is 15.8. The number of anilines is 1. The van der Waals surface area contributed by atoms with Gasteiger partial charge in [0.25, 0.3) is 5.92 Å². The van der Waals surface area contributed by atoms with Crippen molar-refractivity contribution in [1.82, 2.24) is 24.8 Å². The lowest BCUT2D eigenvalue weighted by atomic mass is 10.0. The molecule has 0 unspecified atom stereocenters. The van der Waals surface area contributed by atoms with Gasteiger partial charge in [-0.1, -0.05) is 0 Å². The first-order valence-corrected chi connectivity index (χ1v) is 11.1. The number of aromatic nitrogens is 3. The summed E-state index contributed by atoms with van der Waals surface area (Å²) in [7, 11) is 2.06. The highest BCUT2D eigenvalue weighted by atomic mass is 19.3. The Morgan fingerprint density at radius 3 is 2.55 bits per heavy atom. The van der Waals surface area contributed by atoms with Crippen LogP contribution < -0.4 is 4.90 Å². The zero-order chi connectivity index (χ0) is 23.2. The number of pyridine rings is 1. The first kappa shape index (κ1) is 22.1. The summed E-state index contributed by atoms with van der Waals surface area (Å²) in [6.45, 7) is 2.03. The van der Waals surface area contributed by atoms with Gasteiger partial charge in [0.2, 0.25) is 0 Å². The molecule has 0 aliphatic carbocycles. The van der Waals surface area contributed by atoms with Crippen LogP contribution in [0.2, 0.25) is 0 Å². The zero-order valence-corrected chi connectivity index (χ0v) is 18.4. The van der Waals surface area contributed by atoms with Crippen LogP contribution in [0.25, 0.3) is 22.4 Å². The highest BCUT2D eigenvalue weighted by molar-refractivity contribution is 5.88. The molecule has 2 aromatic heterocycles. The lowest BCUT2D eigenvalue weighted by molar-refractivity contribution is -0.0309. The molecular weight excluding hydrogens is 436 g/mol. The standard InChI is InChI=1S/C23H26F4N6/c1-31-8-5-16(6-9-31)32-10-11-33(14-23(26,27)13-32)22-20-19(4-7-28-22)29-21(30-20)15-2-3-17(24)18(25)12-15/h2-4,7,12,16H,5-6,8-11,13-14H2,1H3,(H,29,30). The number of hydrogen-bond donors (Lipinski definition) is 1. The number of aromatic amines is 1. The smallest absolute Gasteiger partial charge is 0.277 e. The molecule has 0 bridgehead atoms. The average Bonchev–Trinajstić information content (AvgIpc) is 3.15. The third-order valence-electron chi connectivity index (χ3n) is 6.59. The zero-order valence-electron chi connectivity index (χ0n) is 18.4. The van der Waals surface area contributed by atoms with Gasteiger partial charge in [0.1, 0.15) is 11.3 Å². The molecule has 2 fully saturated rings. The Morgan fingerprint density at radius 1 is 1.00 bits per heavy atom. The number of imidazole rings is 1. The SMILES string of the molecule is CN1CCC(N2CCN(c3nccc4[nH]c(-c5ccc(F)c(F)c5)nc34)CC(F)(F)C2)CC1. The number of nitrogens with zero attached hydrogens (tertiary/aromatic N) is 5. The maximum absolute atomic E-state index is 15.0. The molecule has 0 radical (unpaired) electrons. The van der Waals surface area contributed by atoms with E-state index in [0.29, 0.717) is 41.3 Å². The molecular formula is C23H26F4N6. The van der Waals surface area contributed by atoms with Gasteiger partial charge in [0.15, 0.2) is 17.5 Å². The van der Waals surface area contributed by atoms with E-state index in [4.69, 9.17) is 0 Å². The van der Waals surface area contributed by atoms with Crippen molar-refractivity contribution in [2.75, 3.05) is 51.2 Å². The quantitative estimate of drug-likeness (QED) is 0.601. The van der Waals surface area contributed by atoms with E-state index in [1.54, 1.807) is 17.2 Å². The molecule has 33 heavy (non-hydrogen) atoms. The largest absolute Gasteiger partial charge is 0.347 e. The molecule has 6 nitrogen and oxygen atoms in total. The minimum absolute atomic E-state index is 0.154. The third kappa shape index (κ3) is 4.54. The minimum Gasteiger partial charge on any atom is -0.347 e. The van der Waals surface area contributed by atoms with Crippen LogP contribution >= 0.6 is 0 Å². The number of likely N-dealkylation sites (tertiary alicyclic amines) is 1. The Bertz CT molecular complexity index is 1140. The summed E-state index contributed by atoms with van der Waals surface area (Å²) < 4.78 is 57.0. The number of benzene rings is 1. The van der Waals surface area contributed by atoms with E-state index in [9.17, 15) is 8.78 Å². The van der Waals surface area contributed by atoms with Gasteiger partial charge in [-0.05, 0) is 57.2 Å². The van der Waals surface area contributed by atoms with E-state index in [0.717, 1.165) is 38.1 Å². The first-order valence-electron chi connectivity index (χ1n) is 11.1.